The van der Waals surface area contributed by atoms with Gasteiger partial charge in [0.15, 0.2) is 5.65 Å². The van der Waals surface area contributed by atoms with E-state index >= 15 is 0 Å². The van der Waals surface area contributed by atoms with Gasteiger partial charge in [0.1, 0.15) is 12.1 Å². The molecule has 112 valence electrons. The predicted octanol–water partition coefficient (Wildman–Crippen LogP) is 2.14. The lowest BCUT2D eigenvalue weighted by Crippen LogP contribution is -2.17. The van der Waals surface area contributed by atoms with Crippen molar-refractivity contribution in [1.29, 1.82) is 5.26 Å². The van der Waals surface area contributed by atoms with Gasteiger partial charge in [0.25, 0.3) is 0 Å². The molecule has 0 aliphatic heterocycles. The fraction of sp³-hybridized carbons (Fsp3) is 0.357. The normalized spacial score (nSPS) is 10.8. The van der Waals surface area contributed by atoms with Crippen LogP contribution in [-0.2, 0) is 13.1 Å². The highest BCUT2D eigenvalue weighted by Gasteiger charge is 2.14. The van der Waals surface area contributed by atoms with Gasteiger partial charge < -0.3 is 4.90 Å². The molecule has 0 N–H and O–H groups in total. The number of anilines is 1. The minimum absolute atomic E-state index is 0.409. The van der Waals surface area contributed by atoms with Crippen LogP contribution in [-0.4, -0.2) is 31.8 Å². The van der Waals surface area contributed by atoms with E-state index in [2.05, 4.69) is 31.0 Å². The molecule has 3 aromatic heterocycles. The number of rotatable bonds is 5. The maximum atomic E-state index is 8.71. The molecule has 3 heterocycles. The third-order valence-electron chi connectivity index (χ3n) is 3.27. The highest BCUT2D eigenvalue weighted by molar-refractivity contribution is 7.11. The molecule has 0 aliphatic rings. The molecular weight excluding hydrogens is 298 g/mol. The summed E-state index contributed by atoms with van der Waals surface area (Å²) < 4.78 is 1.74. The Bertz CT molecular complexity index is 829. The van der Waals surface area contributed by atoms with E-state index in [9.17, 15) is 0 Å². The lowest BCUT2D eigenvalue weighted by atomic mass is 10.3. The summed E-state index contributed by atoms with van der Waals surface area (Å²) in [5, 5.41) is 15.0. The van der Waals surface area contributed by atoms with Crippen molar-refractivity contribution in [3.63, 3.8) is 0 Å². The number of nitriles is 1. The van der Waals surface area contributed by atoms with Gasteiger partial charge in [-0.15, -0.1) is 11.3 Å². The summed E-state index contributed by atoms with van der Waals surface area (Å²) in [5.41, 5.74) is 0.757. The summed E-state index contributed by atoms with van der Waals surface area (Å²) in [7, 11) is 1.99. The maximum absolute atomic E-state index is 8.71. The first-order chi connectivity index (χ1) is 10.7. The zero-order valence-corrected chi connectivity index (χ0v) is 13.2. The minimum atomic E-state index is 0.409. The van der Waals surface area contributed by atoms with Crippen molar-refractivity contribution in [3.8, 4) is 6.07 Å². The summed E-state index contributed by atoms with van der Waals surface area (Å²) in [6.45, 7) is 3.27. The smallest absolute Gasteiger partial charge is 0.163 e. The Labute approximate surface area is 131 Å². The number of hydrogen-bond acceptors (Lipinski definition) is 7. The van der Waals surface area contributed by atoms with Gasteiger partial charge >= 0.3 is 0 Å². The molecule has 0 unspecified atom stereocenters. The van der Waals surface area contributed by atoms with Crippen LogP contribution in [0, 0.1) is 18.3 Å². The molecule has 0 saturated heterocycles. The third-order valence-corrected chi connectivity index (χ3v) is 4.17. The largest absolute Gasteiger partial charge is 0.354 e. The van der Waals surface area contributed by atoms with E-state index in [1.807, 2.05) is 20.2 Å². The van der Waals surface area contributed by atoms with Gasteiger partial charge in [-0.3, -0.25) is 0 Å². The summed E-state index contributed by atoms with van der Waals surface area (Å²) in [6, 6.07) is 2.12. The number of nitrogens with zero attached hydrogens (tertiary/aromatic N) is 7. The molecule has 3 rings (SSSR count). The molecule has 0 radical (unpaired) electrons. The summed E-state index contributed by atoms with van der Waals surface area (Å²) in [4.78, 5) is 16.2. The van der Waals surface area contributed by atoms with Crippen LogP contribution in [0.5, 0.6) is 0 Å². The first-order valence-electron chi connectivity index (χ1n) is 6.85. The van der Waals surface area contributed by atoms with Crippen LogP contribution in [0.15, 0.2) is 18.7 Å². The van der Waals surface area contributed by atoms with Crippen molar-refractivity contribution in [2.75, 3.05) is 11.9 Å². The summed E-state index contributed by atoms with van der Waals surface area (Å²) in [5.74, 6) is 0.833. The average Bonchev–Trinajstić information content (AvgIpc) is 3.11. The van der Waals surface area contributed by atoms with Crippen LogP contribution in [0.3, 0.4) is 0 Å². The fourth-order valence-corrected chi connectivity index (χ4v) is 3.14. The molecule has 0 amide bonds. The van der Waals surface area contributed by atoms with E-state index in [1.54, 1.807) is 22.2 Å². The Morgan fingerprint density at radius 1 is 1.32 bits per heavy atom. The van der Waals surface area contributed by atoms with Gasteiger partial charge in [0.05, 0.1) is 42.2 Å². The fourth-order valence-electron chi connectivity index (χ4n) is 2.29. The first kappa shape index (κ1) is 14.4. The van der Waals surface area contributed by atoms with E-state index in [4.69, 9.17) is 5.26 Å². The lowest BCUT2D eigenvalue weighted by molar-refractivity contribution is 0.643. The summed E-state index contributed by atoms with van der Waals surface area (Å²) >= 11 is 1.68. The van der Waals surface area contributed by atoms with Gasteiger partial charge in [-0.05, 0) is 6.92 Å². The highest BCUT2D eigenvalue weighted by atomic mass is 32.1. The van der Waals surface area contributed by atoms with Crippen LogP contribution in [0.25, 0.3) is 11.0 Å². The van der Waals surface area contributed by atoms with Crippen LogP contribution in [0.1, 0.15) is 16.3 Å². The Morgan fingerprint density at radius 2 is 2.18 bits per heavy atom. The predicted molar refractivity (Wildman–Crippen MR) is 84.5 cm³/mol. The SMILES string of the molecule is Cc1ncc(CN(C)c2ncnc3c2cnn3CCC#N)s1. The average molecular weight is 313 g/mol. The lowest BCUT2D eigenvalue weighted by Gasteiger charge is -2.17. The summed E-state index contributed by atoms with van der Waals surface area (Å²) in [6.07, 6.45) is 5.60. The zero-order chi connectivity index (χ0) is 15.5. The van der Waals surface area contributed by atoms with Gasteiger partial charge in [-0.25, -0.2) is 19.6 Å². The second kappa shape index (κ2) is 6.07. The van der Waals surface area contributed by atoms with Gasteiger partial charge in [-0.1, -0.05) is 0 Å². The molecule has 0 bridgehead atoms. The van der Waals surface area contributed by atoms with Crippen LogP contribution < -0.4 is 4.90 Å². The minimum Gasteiger partial charge on any atom is -0.354 e. The second-order valence-electron chi connectivity index (χ2n) is 4.91. The molecule has 7 nitrogen and oxygen atoms in total. The number of aryl methyl sites for hydroxylation is 2. The second-order valence-corrected chi connectivity index (χ2v) is 6.23. The van der Waals surface area contributed by atoms with Crippen LogP contribution in [0.4, 0.5) is 5.82 Å². The van der Waals surface area contributed by atoms with E-state index < -0.39 is 0 Å². The molecule has 0 fully saturated rings. The molecule has 8 heteroatoms. The molecular formula is C14H15N7S. The van der Waals surface area contributed by atoms with E-state index in [0.717, 1.165) is 28.4 Å². The van der Waals surface area contributed by atoms with Gasteiger partial charge in [0.2, 0.25) is 0 Å². The Balaban J connectivity index is 1.90. The van der Waals surface area contributed by atoms with Crippen molar-refractivity contribution in [2.45, 2.75) is 26.4 Å². The Hall–Kier alpha value is -2.53. The molecule has 22 heavy (non-hydrogen) atoms. The van der Waals surface area contributed by atoms with Crippen LogP contribution >= 0.6 is 11.3 Å². The van der Waals surface area contributed by atoms with Crippen molar-refractivity contribution in [1.82, 2.24) is 24.7 Å². The quantitative estimate of drug-likeness (QED) is 0.717. The van der Waals surface area contributed by atoms with Crippen molar-refractivity contribution < 1.29 is 0 Å². The molecule has 3 aromatic rings. The van der Waals surface area contributed by atoms with Crippen LogP contribution in [0.2, 0.25) is 0 Å². The maximum Gasteiger partial charge on any atom is 0.163 e. The molecule has 0 aliphatic carbocycles. The molecule has 0 aromatic carbocycles. The zero-order valence-electron chi connectivity index (χ0n) is 12.4. The number of aromatic nitrogens is 5. The highest BCUT2D eigenvalue weighted by Crippen LogP contribution is 2.24. The molecule has 0 spiro atoms. The van der Waals surface area contributed by atoms with Gasteiger partial charge in [0, 0.05) is 18.1 Å². The van der Waals surface area contributed by atoms with E-state index in [-0.39, 0.29) is 0 Å². The topological polar surface area (TPSA) is 83.5 Å². The molecule has 0 atom stereocenters. The molecule has 0 saturated carbocycles. The first-order valence-corrected chi connectivity index (χ1v) is 7.66. The monoisotopic (exact) mass is 313 g/mol. The van der Waals surface area contributed by atoms with Crippen molar-refractivity contribution >= 4 is 28.2 Å². The number of thiazole rings is 1. The van der Waals surface area contributed by atoms with E-state index in [0.29, 0.717) is 13.0 Å². The Kier molecular flexibility index (Phi) is 3.98. The third kappa shape index (κ3) is 2.76. The Morgan fingerprint density at radius 3 is 2.91 bits per heavy atom. The standard InChI is InChI=1S/C14H15N7S/c1-10-16-6-11(22-10)8-20(2)13-12-7-19-21(5-3-4-15)14(12)18-9-17-13/h6-7,9H,3,5,8H2,1-2H3. The van der Waals surface area contributed by atoms with Crippen molar-refractivity contribution in [3.05, 3.63) is 28.6 Å². The van der Waals surface area contributed by atoms with Crippen molar-refractivity contribution in [2.24, 2.45) is 0 Å². The number of hydrogen-bond donors (Lipinski definition) is 0. The number of fused-ring (bicyclic) bond motifs is 1. The van der Waals surface area contributed by atoms with E-state index in [1.165, 1.54) is 11.2 Å². The van der Waals surface area contributed by atoms with Gasteiger partial charge in [-0.2, -0.15) is 10.4 Å².